The molecule has 0 spiro atoms. The summed E-state index contributed by atoms with van der Waals surface area (Å²) >= 11 is 9.28. The van der Waals surface area contributed by atoms with Crippen LogP contribution in [0.15, 0.2) is 35.8 Å². The molecule has 0 aliphatic heterocycles. The highest BCUT2D eigenvalue weighted by atomic mass is 35.5. The molecule has 0 radical (unpaired) electrons. The lowest BCUT2D eigenvalue weighted by molar-refractivity contribution is 0.0958. The van der Waals surface area contributed by atoms with Crippen LogP contribution >= 0.6 is 34.3 Å². The first-order chi connectivity index (χ1) is 9.75. The zero-order valence-electron chi connectivity index (χ0n) is 10.4. The molecule has 1 aromatic carbocycles. The van der Waals surface area contributed by atoms with E-state index < -0.39 is 0 Å². The Balaban J connectivity index is 1.71. The molecule has 3 nitrogen and oxygen atoms in total. The van der Waals surface area contributed by atoms with Gasteiger partial charge in [-0.25, -0.2) is 4.98 Å². The van der Waals surface area contributed by atoms with Crippen LogP contribution in [-0.4, -0.2) is 17.4 Å². The van der Waals surface area contributed by atoms with Gasteiger partial charge in [0.25, 0.3) is 5.91 Å². The Bertz CT molecular complexity index is 737. The Hall–Kier alpha value is -1.43. The highest BCUT2D eigenvalue weighted by Gasteiger charge is 2.16. The third-order valence-corrected chi connectivity index (χ3v) is 5.36. The third-order valence-electron chi connectivity index (χ3n) is 2.85. The molecule has 20 heavy (non-hydrogen) atoms. The van der Waals surface area contributed by atoms with Gasteiger partial charge in [0.1, 0.15) is 4.88 Å². The Morgan fingerprint density at radius 1 is 1.35 bits per heavy atom. The van der Waals surface area contributed by atoms with Gasteiger partial charge in [-0.3, -0.25) is 4.79 Å². The van der Waals surface area contributed by atoms with Crippen LogP contribution in [0, 0.1) is 0 Å². The number of carbonyl (C=O) groups excluding carboxylic acids is 1. The van der Waals surface area contributed by atoms with Crippen LogP contribution in [0.3, 0.4) is 0 Å². The molecule has 2 heterocycles. The predicted octanol–water partition coefficient (Wildman–Crippen LogP) is 3.98. The van der Waals surface area contributed by atoms with E-state index in [1.165, 1.54) is 11.3 Å². The molecule has 1 amide bonds. The van der Waals surface area contributed by atoms with E-state index in [9.17, 15) is 4.79 Å². The molecule has 3 aromatic rings. The van der Waals surface area contributed by atoms with E-state index in [0.29, 0.717) is 16.4 Å². The number of amides is 1. The van der Waals surface area contributed by atoms with Crippen molar-refractivity contribution in [2.45, 2.75) is 6.42 Å². The summed E-state index contributed by atoms with van der Waals surface area (Å²) in [5, 5.41) is 7.32. The van der Waals surface area contributed by atoms with Crippen molar-refractivity contribution in [1.82, 2.24) is 10.3 Å². The van der Waals surface area contributed by atoms with Gasteiger partial charge in [0.2, 0.25) is 0 Å². The molecule has 102 valence electrons. The summed E-state index contributed by atoms with van der Waals surface area (Å²) in [7, 11) is 0. The lowest BCUT2D eigenvalue weighted by atomic mass is 10.2. The van der Waals surface area contributed by atoms with E-state index in [2.05, 4.69) is 10.3 Å². The molecule has 0 unspecified atom stereocenters. The Morgan fingerprint density at radius 3 is 2.95 bits per heavy atom. The van der Waals surface area contributed by atoms with E-state index in [0.717, 1.165) is 21.5 Å². The van der Waals surface area contributed by atoms with Crippen LogP contribution in [0.2, 0.25) is 5.02 Å². The standard InChI is InChI=1S/C14H11ClN2OS2/c15-12-9-3-1-2-4-10(9)20-13(12)14(18)17-6-5-11-16-7-8-19-11/h1-4,7-8H,5-6H2,(H,17,18). The number of carbonyl (C=O) groups is 1. The fourth-order valence-corrected chi connectivity index (χ4v) is 3.95. The van der Waals surface area contributed by atoms with Crippen molar-refractivity contribution in [1.29, 1.82) is 0 Å². The maximum absolute atomic E-state index is 12.2. The fourth-order valence-electron chi connectivity index (χ4n) is 1.90. The van der Waals surface area contributed by atoms with E-state index >= 15 is 0 Å². The van der Waals surface area contributed by atoms with Crippen molar-refractivity contribution < 1.29 is 4.79 Å². The number of thiazole rings is 1. The van der Waals surface area contributed by atoms with Crippen LogP contribution < -0.4 is 5.32 Å². The van der Waals surface area contributed by atoms with Crippen molar-refractivity contribution >= 4 is 50.3 Å². The first kappa shape index (κ1) is 13.5. The number of thiophene rings is 1. The number of rotatable bonds is 4. The monoisotopic (exact) mass is 322 g/mol. The molecule has 0 saturated heterocycles. The van der Waals surface area contributed by atoms with Crippen molar-refractivity contribution in [2.24, 2.45) is 0 Å². The predicted molar refractivity (Wildman–Crippen MR) is 85.0 cm³/mol. The third kappa shape index (κ3) is 2.70. The highest BCUT2D eigenvalue weighted by Crippen LogP contribution is 2.34. The Labute approximate surface area is 129 Å². The first-order valence-electron chi connectivity index (χ1n) is 6.09. The molecule has 6 heteroatoms. The maximum atomic E-state index is 12.2. The van der Waals surface area contributed by atoms with Crippen LogP contribution in [0.25, 0.3) is 10.1 Å². The number of hydrogen-bond acceptors (Lipinski definition) is 4. The molecule has 0 aliphatic carbocycles. The topological polar surface area (TPSA) is 42.0 Å². The van der Waals surface area contributed by atoms with Gasteiger partial charge in [-0.15, -0.1) is 22.7 Å². The van der Waals surface area contributed by atoms with Crippen LogP contribution in [0.1, 0.15) is 14.7 Å². The van der Waals surface area contributed by atoms with E-state index in [1.807, 2.05) is 29.6 Å². The van der Waals surface area contributed by atoms with Crippen molar-refractivity contribution in [3.8, 4) is 0 Å². The molecule has 2 aromatic heterocycles. The number of nitrogens with one attached hydrogen (secondary N) is 1. The van der Waals surface area contributed by atoms with Gasteiger partial charge in [0.15, 0.2) is 0 Å². The Kier molecular flexibility index (Phi) is 4.00. The van der Waals surface area contributed by atoms with E-state index in [1.54, 1.807) is 17.5 Å². The molecular formula is C14H11ClN2OS2. The number of halogens is 1. The number of nitrogens with zero attached hydrogens (tertiary/aromatic N) is 1. The van der Waals surface area contributed by atoms with Crippen molar-refractivity contribution in [3.05, 3.63) is 50.7 Å². The van der Waals surface area contributed by atoms with Gasteiger partial charge in [0, 0.05) is 34.6 Å². The zero-order valence-corrected chi connectivity index (χ0v) is 12.8. The number of fused-ring (bicyclic) bond motifs is 1. The van der Waals surface area contributed by atoms with Gasteiger partial charge in [-0.05, 0) is 6.07 Å². The highest BCUT2D eigenvalue weighted by molar-refractivity contribution is 7.21. The van der Waals surface area contributed by atoms with Crippen molar-refractivity contribution in [3.63, 3.8) is 0 Å². The second kappa shape index (κ2) is 5.91. The van der Waals surface area contributed by atoms with E-state index in [-0.39, 0.29) is 5.91 Å². The normalized spacial score (nSPS) is 10.8. The summed E-state index contributed by atoms with van der Waals surface area (Å²) in [5.74, 6) is -0.118. The minimum atomic E-state index is -0.118. The first-order valence-corrected chi connectivity index (χ1v) is 8.16. The molecular weight excluding hydrogens is 312 g/mol. The minimum Gasteiger partial charge on any atom is -0.351 e. The summed E-state index contributed by atoms with van der Waals surface area (Å²) < 4.78 is 1.03. The van der Waals surface area contributed by atoms with Gasteiger partial charge >= 0.3 is 0 Å². The van der Waals surface area contributed by atoms with Gasteiger partial charge < -0.3 is 5.32 Å². The summed E-state index contributed by atoms with van der Waals surface area (Å²) in [4.78, 5) is 16.9. The second-order valence-electron chi connectivity index (χ2n) is 4.17. The number of hydrogen-bond donors (Lipinski definition) is 1. The summed E-state index contributed by atoms with van der Waals surface area (Å²) in [6.45, 7) is 0.566. The summed E-state index contributed by atoms with van der Waals surface area (Å²) in [6.07, 6.45) is 2.51. The molecule has 0 bridgehead atoms. The average molecular weight is 323 g/mol. The number of aromatic nitrogens is 1. The maximum Gasteiger partial charge on any atom is 0.262 e. The van der Waals surface area contributed by atoms with E-state index in [4.69, 9.17) is 11.6 Å². The quantitative estimate of drug-likeness (QED) is 0.789. The molecule has 0 aliphatic rings. The zero-order chi connectivity index (χ0) is 13.9. The molecule has 3 rings (SSSR count). The van der Waals surface area contributed by atoms with Gasteiger partial charge in [0.05, 0.1) is 10.0 Å². The average Bonchev–Trinajstić information content (AvgIpc) is 3.08. The summed E-state index contributed by atoms with van der Waals surface area (Å²) in [5.41, 5.74) is 0. The summed E-state index contributed by atoms with van der Waals surface area (Å²) in [6, 6.07) is 7.77. The largest absolute Gasteiger partial charge is 0.351 e. The molecule has 0 atom stereocenters. The van der Waals surface area contributed by atoms with Crippen LogP contribution in [-0.2, 0) is 6.42 Å². The van der Waals surface area contributed by atoms with Crippen LogP contribution in [0.4, 0.5) is 0 Å². The van der Waals surface area contributed by atoms with Crippen LogP contribution in [0.5, 0.6) is 0 Å². The van der Waals surface area contributed by atoms with Gasteiger partial charge in [-0.1, -0.05) is 29.8 Å². The minimum absolute atomic E-state index is 0.118. The molecule has 0 fully saturated rings. The number of benzene rings is 1. The van der Waals surface area contributed by atoms with Crippen molar-refractivity contribution in [2.75, 3.05) is 6.54 Å². The SMILES string of the molecule is O=C(NCCc1nccs1)c1sc2ccccc2c1Cl. The van der Waals surface area contributed by atoms with Gasteiger partial charge in [-0.2, -0.15) is 0 Å². The lowest BCUT2D eigenvalue weighted by Crippen LogP contribution is -2.25. The second-order valence-corrected chi connectivity index (χ2v) is 6.58. The smallest absolute Gasteiger partial charge is 0.262 e. The fraction of sp³-hybridized carbons (Fsp3) is 0.143. The Morgan fingerprint density at radius 2 is 2.20 bits per heavy atom. The molecule has 0 saturated carbocycles. The lowest BCUT2D eigenvalue weighted by Gasteiger charge is -2.02. The molecule has 1 N–H and O–H groups in total.